The highest BCUT2D eigenvalue weighted by molar-refractivity contribution is 5.93. The number of unbranched alkanes of at least 4 members (excludes halogenated alkanes) is 1. The molecule has 0 spiro atoms. The quantitative estimate of drug-likeness (QED) is 0.374. The molecule has 1 fully saturated rings. The van der Waals surface area contributed by atoms with Gasteiger partial charge in [-0.05, 0) is 37.1 Å². The van der Waals surface area contributed by atoms with Gasteiger partial charge in [0.1, 0.15) is 5.82 Å². The number of nitrogens with zero attached hydrogens (tertiary/aromatic N) is 3. The minimum Gasteiger partial charge on any atom is -0.463 e. The van der Waals surface area contributed by atoms with Crippen LogP contribution >= 0.6 is 0 Å². The van der Waals surface area contributed by atoms with Crippen LogP contribution in [0.5, 0.6) is 0 Å². The van der Waals surface area contributed by atoms with E-state index in [0.717, 1.165) is 69.8 Å². The van der Waals surface area contributed by atoms with Crippen molar-refractivity contribution in [1.82, 2.24) is 14.8 Å². The molecule has 1 amide bonds. The Morgan fingerprint density at radius 1 is 1.23 bits per heavy atom. The van der Waals surface area contributed by atoms with Crippen LogP contribution in [-0.4, -0.2) is 79.2 Å². The second kappa shape index (κ2) is 11.8. The molecular formula is C22H32N4O4. The summed E-state index contributed by atoms with van der Waals surface area (Å²) in [6.07, 6.45) is 7.63. The first-order valence-electron chi connectivity index (χ1n) is 10.8. The van der Waals surface area contributed by atoms with Gasteiger partial charge in [0, 0.05) is 44.0 Å². The van der Waals surface area contributed by atoms with E-state index in [1.54, 1.807) is 12.3 Å². The Labute approximate surface area is 178 Å². The van der Waals surface area contributed by atoms with Crippen molar-refractivity contribution in [3.63, 3.8) is 0 Å². The molecular weight excluding hydrogens is 384 g/mol. The number of amides is 1. The Hall–Kier alpha value is -2.29. The summed E-state index contributed by atoms with van der Waals surface area (Å²) >= 11 is 0. The van der Waals surface area contributed by atoms with Gasteiger partial charge in [0.2, 0.25) is 5.91 Å². The number of carbonyl (C=O) groups excluding carboxylic acids is 2. The number of morpholine rings is 1. The Balaban J connectivity index is 1.56. The first-order chi connectivity index (χ1) is 14.6. The van der Waals surface area contributed by atoms with E-state index in [1.165, 1.54) is 6.08 Å². The number of aromatic nitrogens is 1. The van der Waals surface area contributed by atoms with E-state index < -0.39 is 0 Å². The molecule has 1 saturated heterocycles. The summed E-state index contributed by atoms with van der Waals surface area (Å²) in [4.78, 5) is 33.0. The third-order valence-corrected chi connectivity index (χ3v) is 5.21. The van der Waals surface area contributed by atoms with Crippen LogP contribution in [0, 0.1) is 0 Å². The van der Waals surface area contributed by atoms with Crippen molar-refractivity contribution in [2.24, 2.45) is 0 Å². The Kier molecular flexibility index (Phi) is 8.80. The summed E-state index contributed by atoms with van der Waals surface area (Å²) in [6, 6.07) is 1.97. The molecule has 8 nitrogen and oxygen atoms in total. The Bertz CT molecular complexity index is 747. The molecule has 0 radical (unpaired) electrons. The van der Waals surface area contributed by atoms with Crippen molar-refractivity contribution in [2.75, 3.05) is 57.9 Å². The topological polar surface area (TPSA) is 84.0 Å². The molecule has 3 heterocycles. The molecule has 30 heavy (non-hydrogen) atoms. The van der Waals surface area contributed by atoms with Gasteiger partial charge in [0.15, 0.2) is 0 Å². The van der Waals surface area contributed by atoms with Crippen LogP contribution in [0.2, 0.25) is 0 Å². The number of nitrogens with one attached hydrogen (secondary N) is 1. The van der Waals surface area contributed by atoms with Crippen LogP contribution in [0.3, 0.4) is 0 Å². The number of fused-ring (bicyclic) bond motifs is 1. The van der Waals surface area contributed by atoms with Gasteiger partial charge >= 0.3 is 5.97 Å². The first-order valence-corrected chi connectivity index (χ1v) is 10.8. The lowest BCUT2D eigenvalue weighted by atomic mass is 10.1. The lowest BCUT2D eigenvalue weighted by Gasteiger charge is -2.27. The standard InChI is InChI=1S/C22H32N4O4/c1-2-3-11-30-21(28)6-5-18-14-19-16-26(17-20(27)24-22(19)23-15-18)8-4-7-25-9-12-29-13-10-25/h5-6,14-15H,2-4,7-13,16-17H2,1H3,(H,23,24,27)/b6-5+. The highest BCUT2D eigenvalue weighted by Gasteiger charge is 2.20. The van der Waals surface area contributed by atoms with Crippen LogP contribution in [-0.2, 0) is 25.6 Å². The summed E-state index contributed by atoms with van der Waals surface area (Å²) in [5.41, 5.74) is 1.76. The fourth-order valence-electron chi connectivity index (χ4n) is 3.55. The highest BCUT2D eigenvalue weighted by atomic mass is 16.5. The molecule has 1 aromatic rings. The van der Waals surface area contributed by atoms with E-state index in [9.17, 15) is 9.59 Å². The van der Waals surface area contributed by atoms with E-state index in [4.69, 9.17) is 9.47 Å². The summed E-state index contributed by atoms with van der Waals surface area (Å²) < 4.78 is 10.5. The fourth-order valence-corrected chi connectivity index (χ4v) is 3.55. The minimum absolute atomic E-state index is 0.0459. The minimum atomic E-state index is -0.351. The smallest absolute Gasteiger partial charge is 0.330 e. The molecule has 0 saturated carbocycles. The number of rotatable bonds is 9. The van der Waals surface area contributed by atoms with E-state index in [2.05, 4.69) is 27.0 Å². The van der Waals surface area contributed by atoms with Crippen molar-refractivity contribution >= 4 is 23.8 Å². The molecule has 1 N–H and O–H groups in total. The van der Waals surface area contributed by atoms with Crippen molar-refractivity contribution in [3.05, 3.63) is 29.5 Å². The van der Waals surface area contributed by atoms with Crippen molar-refractivity contribution in [2.45, 2.75) is 32.7 Å². The van der Waals surface area contributed by atoms with Crippen LogP contribution in [0.4, 0.5) is 5.82 Å². The summed E-state index contributed by atoms with van der Waals surface area (Å²) in [6.45, 7) is 8.89. The van der Waals surface area contributed by atoms with Crippen molar-refractivity contribution < 1.29 is 19.1 Å². The van der Waals surface area contributed by atoms with Gasteiger partial charge < -0.3 is 14.8 Å². The third-order valence-electron chi connectivity index (χ3n) is 5.21. The summed E-state index contributed by atoms with van der Waals surface area (Å²) in [7, 11) is 0. The molecule has 0 aromatic carbocycles. The van der Waals surface area contributed by atoms with Crippen molar-refractivity contribution in [3.8, 4) is 0 Å². The predicted molar refractivity (Wildman–Crippen MR) is 115 cm³/mol. The van der Waals surface area contributed by atoms with Gasteiger partial charge in [0.05, 0.1) is 26.4 Å². The molecule has 164 valence electrons. The molecule has 2 aliphatic rings. The zero-order chi connectivity index (χ0) is 21.2. The van der Waals surface area contributed by atoms with Crippen LogP contribution in [0.25, 0.3) is 6.08 Å². The van der Waals surface area contributed by atoms with Gasteiger partial charge in [-0.15, -0.1) is 0 Å². The second-order valence-electron chi connectivity index (χ2n) is 7.70. The maximum atomic E-state index is 12.3. The number of carbonyl (C=O) groups is 2. The number of hydrogen-bond acceptors (Lipinski definition) is 7. The summed E-state index contributed by atoms with van der Waals surface area (Å²) in [5.74, 6) is 0.199. The number of hydrogen-bond donors (Lipinski definition) is 1. The normalized spacial score (nSPS) is 18.1. The van der Waals surface area contributed by atoms with E-state index in [-0.39, 0.29) is 11.9 Å². The monoisotopic (exact) mass is 416 g/mol. The molecule has 0 bridgehead atoms. The lowest BCUT2D eigenvalue weighted by Crippen LogP contribution is -2.38. The predicted octanol–water partition coefficient (Wildman–Crippen LogP) is 1.91. The van der Waals surface area contributed by atoms with Crippen molar-refractivity contribution in [1.29, 1.82) is 0 Å². The highest BCUT2D eigenvalue weighted by Crippen LogP contribution is 2.20. The van der Waals surface area contributed by atoms with Crippen LogP contribution < -0.4 is 5.32 Å². The van der Waals surface area contributed by atoms with Crippen LogP contribution in [0.1, 0.15) is 37.3 Å². The zero-order valence-corrected chi connectivity index (χ0v) is 17.8. The second-order valence-corrected chi connectivity index (χ2v) is 7.70. The molecule has 8 heteroatoms. The molecule has 2 aliphatic heterocycles. The van der Waals surface area contributed by atoms with E-state index in [1.807, 2.05) is 6.07 Å². The van der Waals surface area contributed by atoms with Crippen LogP contribution in [0.15, 0.2) is 18.3 Å². The average Bonchev–Trinajstić information content (AvgIpc) is 2.90. The van der Waals surface area contributed by atoms with E-state index in [0.29, 0.717) is 25.5 Å². The maximum Gasteiger partial charge on any atom is 0.330 e. The lowest BCUT2D eigenvalue weighted by molar-refractivity contribution is -0.137. The van der Waals surface area contributed by atoms with Gasteiger partial charge in [0.25, 0.3) is 0 Å². The third kappa shape index (κ3) is 7.19. The molecule has 1 aromatic heterocycles. The fraction of sp³-hybridized carbons (Fsp3) is 0.591. The summed E-state index contributed by atoms with van der Waals surface area (Å²) in [5, 5.41) is 2.88. The average molecular weight is 417 g/mol. The Morgan fingerprint density at radius 3 is 2.83 bits per heavy atom. The van der Waals surface area contributed by atoms with Gasteiger partial charge in [-0.2, -0.15) is 0 Å². The molecule has 0 atom stereocenters. The number of anilines is 1. The maximum absolute atomic E-state index is 12.3. The van der Waals surface area contributed by atoms with Gasteiger partial charge in [-0.3, -0.25) is 14.6 Å². The number of ether oxygens (including phenoxy) is 2. The largest absolute Gasteiger partial charge is 0.463 e. The first kappa shape index (κ1) is 22.4. The number of pyridine rings is 1. The number of esters is 1. The SMILES string of the molecule is CCCCOC(=O)/C=C/c1cnc2c(c1)CN(CCCN1CCOCC1)CC(=O)N2. The Morgan fingerprint density at radius 2 is 2.03 bits per heavy atom. The zero-order valence-electron chi connectivity index (χ0n) is 17.8. The molecule has 3 rings (SSSR count). The van der Waals surface area contributed by atoms with Gasteiger partial charge in [-0.1, -0.05) is 13.3 Å². The molecule has 0 unspecified atom stereocenters. The van der Waals surface area contributed by atoms with E-state index >= 15 is 0 Å². The molecule has 0 aliphatic carbocycles. The van der Waals surface area contributed by atoms with Gasteiger partial charge in [-0.25, -0.2) is 9.78 Å².